The third kappa shape index (κ3) is 3.36. The second-order valence-electron chi connectivity index (χ2n) is 4.27. The van der Waals surface area contributed by atoms with Gasteiger partial charge in [-0.2, -0.15) is 10.0 Å². The van der Waals surface area contributed by atoms with Gasteiger partial charge < -0.3 is 10.5 Å². The smallest absolute Gasteiger partial charge is 0.216 e. The molecule has 100 valence electrons. The van der Waals surface area contributed by atoms with Crippen LogP contribution in [-0.2, 0) is 0 Å². The van der Waals surface area contributed by atoms with Crippen LogP contribution in [0.15, 0.2) is 48.5 Å². The first kappa shape index (κ1) is 13.6. The van der Waals surface area contributed by atoms with Crippen molar-refractivity contribution in [3.63, 3.8) is 0 Å². The van der Waals surface area contributed by atoms with Crippen molar-refractivity contribution < 1.29 is 4.74 Å². The number of anilines is 1. The third-order valence-electron chi connectivity index (χ3n) is 2.81. The van der Waals surface area contributed by atoms with Gasteiger partial charge in [0.2, 0.25) is 5.69 Å². The van der Waals surface area contributed by atoms with Gasteiger partial charge in [-0.05, 0) is 43.3 Å². The Kier molecular flexibility index (Phi) is 4.35. The summed E-state index contributed by atoms with van der Waals surface area (Å²) in [6.07, 6.45) is 1.51. The maximum absolute atomic E-state index is 12.0. The predicted octanol–water partition coefficient (Wildman–Crippen LogP) is 3.25. The number of rotatable bonds is 4. The molecule has 0 saturated carbocycles. The monoisotopic (exact) mass is 265 g/mol. The minimum Gasteiger partial charge on any atom is -0.618 e. The summed E-state index contributed by atoms with van der Waals surface area (Å²) in [4.78, 5) is 0. The molecule has 0 amide bonds. The van der Waals surface area contributed by atoms with E-state index in [2.05, 4.69) is 5.32 Å². The quantitative estimate of drug-likeness (QED) is 0.399. The highest BCUT2D eigenvalue weighted by Gasteiger charge is 2.02. The normalized spacial score (nSPS) is 10.9. The second kappa shape index (κ2) is 6.39. The molecule has 0 heterocycles. The van der Waals surface area contributed by atoms with Crippen molar-refractivity contribution in [1.29, 1.82) is 5.26 Å². The lowest BCUT2D eigenvalue weighted by molar-refractivity contribution is -0.354. The summed E-state index contributed by atoms with van der Waals surface area (Å²) < 4.78 is 0.795. The molecular formula is C16H15N3O. The van der Waals surface area contributed by atoms with Gasteiger partial charge in [0.25, 0.3) is 0 Å². The molecule has 0 aliphatic rings. The second-order valence-corrected chi connectivity index (χ2v) is 4.27. The largest absolute Gasteiger partial charge is 0.618 e. The highest BCUT2D eigenvalue weighted by atomic mass is 16.5. The molecule has 2 rings (SSSR count). The molecule has 1 N–H and O–H groups in total. The highest BCUT2D eigenvalue weighted by molar-refractivity contribution is 5.77. The number of hydrogen-bond donors (Lipinski definition) is 1. The summed E-state index contributed by atoms with van der Waals surface area (Å²) in [5.41, 5.74) is 2.89. The Labute approximate surface area is 118 Å². The average Bonchev–Trinajstić information content (AvgIpc) is 2.49. The SMILES string of the molecule is CCNc1ccc(C=[N+]([O-])c2ccc(C#N)cc2)cc1. The van der Waals surface area contributed by atoms with Crippen LogP contribution in [0.3, 0.4) is 0 Å². The van der Waals surface area contributed by atoms with E-state index in [1.54, 1.807) is 24.3 Å². The molecule has 0 spiro atoms. The third-order valence-corrected chi connectivity index (χ3v) is 2.81. The molecule has 0 aliphatic heterocycles. The zero-order valence-electron chi connectivity index (χ0n) is 11.2. The van der Waals surface area contributed by atoms with Gasteiger partial charge in [0.05, 0.1) is 11.6 Å². The molecule has 0 fully saturated rings. The van der Waals surface area contributed by atoms with E-state index in [-0.39, 0.29) is 0 Å². The van der Waals surface area contributed by atoms with Crippen LogP contribution in [0.4, 0.5) is 11.4 Å². The molecule has 20 heavy (non-hydrogen) atoms. The van der Waals surface area contributed by atoms with Gasteiger partial charge >= 0.3 is 0 Å². The number of nitriles is 1. The summed E-state index contributed by atoms with van der Waals surface area (Å²) in [7, 11) is 0. The van der Waals surface area contributed by atoms with Crippen LogP contribution in [0.2, 0.25) is 0 Å². The van der Waals surface area contributed by atoms with Crippen LogP contribution in [0.1, 0.15) is 18.1 Å². The fraction of sp³-hybridized carbons (Fsp3) is 0.125. The number of benzene rings is 2. The first-order valence-corrected chi connectivity index (χ1v) is 6.38. The average molecular weight is 265 g/mol. The van der Waals surface area contributed by atoms with Gasteiger partial charge in [0.1, 0.15) is 0 Å². The van der Waals surface area contributed by atoms with Crippen molar-refractivity contribution in [3.8, 4) is 6.07 Å². The van der Waals surface area contributed by atoms with E-state index in [0.717, 1.165) is 22.5 Å². The molecule has 0 saturated heterocycles. The lowest BCUT2D eigenvalue weighted by Crippen LogP contribution is -2.00. The molecule has 0 unspecified atom stereocenters. The molecule has 2 aromatic rings. The zero-order valence-corrected chi connectivity index (χ0v) is 11.2. The van der Waals surface area contributed by atoms with Crippen molar-refractivity contribution in [3.05, 3.63) is 64.9 Å². The number of hydrogen-bond acceptors (Lipinski definition) is 3. The Morgan fingerprint density at radius 1 is 1.15 bits per heavy atom. The summed E-state index contributed by atoms with van der Waals surface area (Å²) in [5.74, 6) is 0. The van der Waals surface area contributed by atoms with Crippen LogP contribution >= 0.6 is 0 Å². The maximum atomic E-state index is 12.0. The van der Waals surface area contributed by atoms with E-state index in [0.29, 0.717) is 11.3 Å². The molecule has 0 aliphatic carbocycles. The van der Waals surface area contributed by atoms with Crippen LogP contribution in [0.5, 0.6) is 0 Å². The molecule has 2 aromatic carbocycles. The Balaban J connectivity index is 2.18. The lowest BCUT2D eigenvalue weighted by atomic mass is 10.2. The first-order valence-electron chi connectivity index (χ1n) is 6.38. The molecule has 0 atom stereocenters. The highest BCUT2D eigenvalue weighted by Crippen LogP contribution is 2.13. The first-order chi connectivity index (χ1) is 9.72. The van der Waals surface area contributed by atoms with Crippen molar-refractivity contribution in [2.75, 3.05) is 11.9 Å². The van der Waals surface area contributed by atoms with Gasteiger partial charge in [0, 0.05) is 29.9 Å². The summed E-state index contributed by atoms with van der Waals surface area (Å²) in [5, 5.41) is 23.9. The summed E-state index contributed by atoms with van der Waals surface area (Å²) in [6.45, 7) is 2.90. The molecule has 0 aromatic heterocycles. The van der Waals surface area contributed by atoms with Gasteiger partial charge in [-0.25, -0.2) is 0 Å². The lowest BCUT2D eigenvalue weighted by Gasteiger charge is -2.04. The predicted molar refractivity (Wildman–Crippen MR) is 80.2 cm³/mol. The Bertz CT molecular complexity index is 637. The topological polar surface area (TPSA) is 61.9 Å². The fourth-order valence-electron chi connectivity index (χ4n) is 1.78. The fourth-order valence-corrected chi connectivity index (χ4v) is 1.78. The summed E-state index contributed by atoms with van der Waals surface area (Å²) >= 11 is 0. The van der Waals surface area contributed by atoms with Crippen LogP contribution < -0.4 is 5.32 Å². The minimum atomic E-state index is 0.500. The van der Waals surface area contributed by atoms with Crippen molar-refractivity contribution in [2.45, 2.75) is 6.92 Å². The molecule has 4 nitrogen and oxygen atoms in total. The van der Waals surface area contributed by atoms with Crippen LogP contribution in [0.25, 0.3) is 0 Å². The van der Waals surface area contributed by atoms with Crippen molar-refractivity contribution >= 4 is 17.6 Å². The Hall–Kier alpha value is -2.80. The van der Waals surface area contributed by atoms with Crippen molar-refractivity contribution in [1.82, 2.24) is 0 Å². The van der Waals surface area contributed by atoms with Gasteiger partial charge in [0.15, 0.2) is 6.21 Å². The van der Waals surface area contributed by atoms with E-state index in [4.69, 9.17) is 5.26 Å². The summed E-state index contributed by atoms with van der Waals surface area (Å²) in [6, 6.07) is 16.2. The number of nitrogens with one attached hydrogen (secondary N) is 1. The Morgan fingerprint density at radius 2 is 1.80 bits per heavy atom. The molecule has 0 bridgehead atoms. The van der Waals surface area contributed by atoms with E-state index in [9.17, 15) is 5.21 Å². The van der Waals surface area contributed by atoms with Crippen molar-refractivity contribution in [2.24, 2.45) is 0 Å². The van der Waals surface area contributed by atoms with Gasteiger partial charge in [-0.1, -0.05) is 0 Å². The minimum absolute atomic E-state index is 0.500. The zero-order chi connectivity index (χ0) is 14.4. The van der Waals surface area contributed by atoms with Crippen LogP contribution in [-0.4, -0.2) is 17.5 Å². The van der Waals surface area contributed by atoms with E-state index in [1.165, 1.54) is 6.21 Å². The molecule has 0 radical (unpaired) electrons. The molecule has 4 heteroatoms. The van der Waals surface area contributed by atoms with Crippen LogP contribution in [0, 0.1) is 16.5 Å². The Morgan fingerprint density at radius 3 is 2.35 bits per heavy atom. The standard InChI is InChI=1S/C16H15N3O/c1-2-18-15-7-3-14(4-8-15)12-19(20)16-9-5-13(11-17)6-10-16/h3-10,12,18H,2H2,1H3. The molecular weight excluding hydrogens is 250 g/mol. The van der Waals surface area contributed by atoms with E-state index < -0.39 is 0 Å². The number of nitrogens with zero attached hydrogens (tertiary/aromatic N) is 2. The van der Waals surface area contributed by atoms with E-state index in [1.807, 2.05) is 37.3 Å². The van der Waals surface area contributed by atoms with E-state index >= 15 is 0 Å². The van der Waals surface area contributed by atoms with Gasteiger partial charge in [-0.3, -0.25) is 0 Å². The van der Waals surface area contributed by atoms with Gasteiger partial charge in [-0.15, -0.1) is 0 Å². The maximum Gasteiger partial charge on any atom is 0.216 e.